The second-order valence-corrected chi connectivity index (χ2v) is 19.6. The summed E-state index contributed by atoms with van der Waals surface area (Å²) in [5, 5.41) is 20.5. The Labute approximate surface area is 410 Å². The second-order valence-electron chi connectivity index (χ2n) is 19.6. The summed E-state index contributed by atoms with van der Waals surface area (Å²) in [7, 11) is 6.73. The third-order valence-electron chi connectivity index (χ3n) is 14.3. The fourth-order valence-electron chi connectivity index (χ4n) is 10.6. The monoisotopic (exact) mass is 981 g/mol. The highest BCUT2D eigenvalue weighted by molar-refractivity contribution is 5.90. The van der Waals surface area contributed by atoms with E-state index in [1.165, 1.54) is 43.5 Å². The number of benzene rings is 1. The summed E-state index contributed by atoms with van der Waals surface area (Å²) in [6, 6.07) is 7.81. The molecule has 3 aliphatic heterocycles. The lowest BCUT2D eigenvalue weighted by Crippen LogP contribution is -2.62. The first-order valence-electron chi connectivity index (χ1n) is 24.2. The summed E-state index contributed by atoms with van der Waals surface area (Å²) in [4.78, 5) is 59.2. The number of esters is 1. The topological polar surface area (TPSA) is 210 Å². The van der Waals surface area contributed by atoms with Gasteiger partial charge in [-0.1, -0.05) is 32.9 Å². The van der Waals surface area contributed by atoms with Crippen LogP contribution in [0.2, 0.25) is 0 Å². The summed E-state index contributed by atoms with van der Waals surface area (Å²) < 4.78 is 54.6. The van der Waals surface area contributed by atoms with E-state index in [0.29, 0.717) is 31.6 Å². The van der Waals surface area contributed by atoms with E-state index in [2.05, 4.69) is 25.9 Å². The van der Waals surface area contributed by atoms with Gasteiger partial charge in [-0.05, 0) is 104 Å². The van der Waals surface area contributed by atoms with Crippen LogP contribution >= 0.6 is 0 Å². The minimum absolute atomic E-state index is 0.211. The first-order valence-corrected chi connectivity index (χ1v) is 24.2. The molecule has 19 nitrogen and oxygen atoms in total. The molecule has 0 bridgehead atoms. The van der Waals surface area contributed by atoms with E-state index in [9.17, 15) is 23.9 Å². The number of ether oxygens (including phenoxy) is 6. The SMILES string of the molecule is CC[C@H]1OC(=O)[C@H](C)[C@@H](OC(=O)Nc2ccc(F)cc2)[C@H](C)[C@@H](O[C@@H]2O[C@H](C)C[C@H](N(C)C)[C@H]2O)[C@@](C)(OC)C[C@@H](C)/C(=N\OC)[C@H](C)C2N(NCCCn3cnc(-c4cccnc4)c3)C(=O)O[C@@]21C. The molecule has 3 aliphatic rings. The van der Waals surface area contributed by atoms with E-state index < -0.39 is 95.6 Å². The van der Waals surface area contributed by atoms with Crippen molar-refractivity contribution in [1.82, 2.24) is 29.9 Å². The number of amides is 2. The van der Waals surface area contributed by atoms with Gasteiger partial charge in [0.1, 0.15) is 37.3 Å². The van der Waals surface area contributed by atoms with Gasteiger partial charge in [0.15, 0.2) is 11.9 Å². The number of methoxy groups -OCH3 is 1. The molecule has 70 heavy (non-hydrogen) atoms. The van der Waals surface area contributed by atoms with E-state index in [1.807, 2.05) is 76.5 Å². The summed E-state index contributed by atoms with van der Waals surface area (Å²) in [5.41, 5.74) is 3.08. The predicted octanol–water partition coefficient (Wildman–Crippen LogP) is 6.66. The van der Waals surface area contributed by atoms with Gasteiger partial charge in [0.25, 0.3) is 0 Å². The van der Waals surface area contributed by atoms with Crippen molar-refractivity contribution in [2.45, 2.75) is 148 Å². The molecular formula is C50H73FN8O11. The number of hydrogen-bond acceptors (Lipinski definition) is 16. The number of hydrogen-bond donors (Lipinski definition) is 3. The molecule has 2 amide bonds. The number of aliphatic hydroxyl groups excluding tert-OH is 1. The number of fused-ring (bicyclic) bond motifs is 1. The van der Waals surface area contributed by atoms with Crippen molar-refractivity contribution in [3.8, 4) is 11.3 Å². The highest BCUT2D eigenvalue weighted by atomic mass is 19.1. The van der Waals surface area contributed by atoms with Crippen molar-refractivity contribution in [2.75, 3.05) is 40.2 Å². The molecule has 0 radical (unpaired) electrons. The largest absolute Gasteiger partial charge is 0.458 e. The number of aryl methyl sites for hydroxylation is 1. The Morgan fingerprint density at radius 1 is 1.07 bits per heavy atom. The van der Waals surface area contributed by atoms with Gasteiger partial charge in [-0.3, -0.25) is 15.1 Å². The fourth-order valence-corrected chi connectivity index (χ4v) is 10.6. The molecule has 3 saturated heterocycles. The molecule has 386 valence electrons. The van der Waals surface area contributed by atoms with Crippen molar-refractivity contribution in [2.24, 2.45) is 28.8 Å². The maximum atomic E-state index is 14.8. The van der Waals surface area contributed by atoms with Crippen molar-refractivity contribution >= 4 is 29.6 Å². The number of rotatable bonds is 14. The average molecular weight is 981 g/mol. The number of imidazole rings is 1. The summed E-state index contributed by atoms with van der Waals surface area (Å²) in [6.07, 6.45) is 1.20. The minimum atomic E-state index is -1.46. The molecule has 20 heteroatoms. The fraction of sp³-hybridized carbons (Fsp3) is 0.640. The number of hydrazine groups is 1. The third-order valence-corrected chi connectivity index (χ3v) is 14.3. The van der Waals surface area contributed by atoms with Gasteiger partial charge in [0.2, 0.25) is 0 Å². The lowest BCUT2D eigenvalue weighted by atomic mass is 9.73. The highest BCUT2D eigenvalue weighted by Gasteiger charge is 2.61. The number of likely N-dealkylation sites (N-methyl/N-ethyl adjacent to an activating group) is 1. The Morgan fingerprint density at radius 2 is 1.80 bits per heavy atom. The number of anilines is 1. The highest BCUT2D eigenvalue weighted by Crippen LogP contribution is 2.44. The molecule has 6 rings (SSSR count). The molecule has 2 aromatic heterocycles. The number of carbonyl (C=O) groups excluding carboxylic acids is 3. The first kappa shape index (κ1) is 54.1. The van der Waals surface area contributed by atoms with Gasteiger partial charge in [-0.2, -0.15) is 0 Å². The Hall–Kier alpha value is -5.25. The standard InChI is InChI=1S/C50H73FN8O11/c1-13-39-50(8)43(59(48(63)70-50)54-22-15-23-58-27-37(53-28-58)34-16-14-21-52-26-34)31(4)40(56-65-12)29(2)25-49(7,64-11)44(69-46-41(60)38(57(9)10)24-30(3)66-46)32(5)42(33(6)45(61)67-39)68-47(62)55-36-19-17-35(51)18-20-36/h14,16-21,26-33,38-39,41-44,46,54,60H,13,15,22-25H2,1-12H3,(H,55,62)/b56-40+/t29-,30-,31+,32+,33-,38+,39-,41-,42+,43?,44-,46+,49+,50-/m1/s1. The number of pyridine rings is 1. The van der Waals surface area contributed by atoms with Crippen LogP contribution in [0.15, 0.2) is 66.5 Å². The molecular weight excluding hydrogens is 908 g/mol. The summed E-state index contributed by atoms with van der Waals surface area (Å²) >= 11 is 0. The normalized spacial score (nSPS) is 33.8. The number of oxime groups is 1. The Bertz CT molecular complexity index is 2240. The lowest BCUT2D eigenvalue weighted by Gasteiger charge is -2.48. The molecule has 0 saturated carbocycles. The number of nitrogens with one attached hydrogen (secondary N) is 2. The van der Waals surface area contributed by atoms with Gasteiger partial charge in [-0.25, -0.2) is 29.4 Å². The average Bonchev–Trinajstić information content (AvgIpc) is 3.91. The maximum absolute atomic E-state index is 14.8. The molecule has 5 heterocycles. The number of halogens is 1. The third kappa shape index (κ3) is 12.1. The quantitative estimate of drug-likeness (QED) is 0.0668. The number of cyclic esters (lactones) is 1. The Morgan fingerprint density at radius 3 is 2.44 bits per heavy atom. The zero-order chi connectivity index (χ0) is 51.1. The minimum Gasteiger partial charge on any atom is -0.458 e. The smallest absolute Gasteiger partial charge is 0.425 e. The van der Waals surface area contributed by atoms with Gasteiger partial charge in [0, 0.05) is 73.8 Å². The van der Waals surface area contributed by atoms with Crippen molar-refractivity contribution in [1.29, 1.82) is 0 Å². The molecule has 1 aromatic carbocycles. The van der Waals surface area contributed by atoms with Gasteiger partial charge in [-0.15, -0.1) is 0 Å². The van der Waals surface area contributed by atoms with Crippen LogP contribution in [0.3, 0.4) is 0 Å². The van der Waals surface area contributed by atoms with E-state index >= 15 is 0 Å². The predicted molar refractivity (Wildman–Crippen MR) is 257 cm³/mol. The first-order chi connectivity index (χ1) is 33.2. The van der Waals surface area contributed by atoms with E-state index in [1.54, 1.807) is 39.5 Å². The van der Waals surface area contributed by atoms with Gasteiger partial charge in [0.05, 0.1) is 41.5 Å². The number of aliphatic hydroxyl groups is 1. The molecule has 1 unspecified atom stereocenters. The number of carbonyl (C=O) groups is 3. The molecule has 14 atom stereocenters. The van der Waals surface area contributed by atoms with Gasteiger partial charge >= 0.3 is 18.2 Å². The van der Waals surface area contributed by atoms with E-state index in [4.69, 9.17) is 33.3 Å². The summed E-state index contributed by atoms with van der Waals surface area (Å²) in [6.45, 7) is 15.5. The zero-order valence-electron chi connectivity index (χ0n) is 42.5. The van der Waals surface area contributed by atoms with Crippen molar-refractivity contribution < 1.29 is 57.1 Å². The van der Waals surface area contributed by atoms with Crippen LogP contribution in [0.25, 0.3) is 11.3 Å². The number of aromatic nitrogens is 3. The van der Waals surface area contributed by atoms with Crippen molar-refractivity contribution in [3.05, 3.63) is 67.1 Å². The molecule has 3 aromatic rings. The van der Waals surface area contributed by atoms with Crippen LogP contribution in [0, 0.1) is 29.5 Å². The molecule has 0 spiro atoms. The van der Waals surface area contributed by atoms with Crippen LogP contribution in [0.5, 0.6) is 0 Å². The van der Waals surface area contributed by atoms with Crippen LogP contribution in [-0.2, 0) is 44.6 Å². The van der Waals surface area contributed by atoms with Crippen LogP contribution in [0.4, 0.5) is 19.7 Å². The zero-order valence-corrected chi connectivity index (χ0v) is 42.5. The molecule has 0 aliphatic carbocycles. The molecule has 3 N–H and O–H groups in total. The van der Waals surface area contributed by atoms with E-state index in [-0.39, 0.29) is 30.7 Å². The molecule has 3 fully saturated rings. The van der Waals surface area contributed by atoms with Crippen LogP contribution in [0.1, 0.15) is 81.1 Å². The summed E-state index contributed by atoms with van der Waals surface area (Å²) in [5.74, 6) is -4.32. The van der Waals surface area contributed by atoms with Crippen LogP contribution in [-0.4, -0.2) is 148 Å². The van der Waals surface area contributed by atoms with Crippen LogP contribution < -0.4 is 10.7 Å². The lowest BCUT2D eigenvalue weighted by molar-refractivity contribution is -0.301. The Kier molecular flexibility index (Phi) is 18.0. The van der Waals surface area contributed by atoms with Crippen molar-refractivity contribution in [3.63, 3.8) is 0 Å². The number of nitrogens with zero attached hydrogens (tertiary/aromatic N) is 6. The van der Waals surface area contributed by atoms with Gasteiger partial charge < -0.3 is 47.8 Å². The van der Waals surface area contributed by atoms with E-state index in [0.717, 1.165) is 11.3 Å². The maximum Gasteiger partial charge on any atom is 0.425 e. The second kappa shape index (κ2) is 23.3. The Balaban J connectivity index is 1.38.